The maximum absolute atomic E-state index is 9.95. The summed E-state index contributed by atoms with van der Waals surface area (Å²) in [6.07, 6.45) is -0.576. The van der Waals surface area contributed by atoms with E-state index in [2.05, 4.69) is 36.4 Å². The van der Waals surface area contributed by atoms with Gasteiger partial charge in [0, 0.05) is 19.1 Å². The molecule has 0 fully saturated rings. The molecule has 0 saturated heterocycles. The standard InChI is InChI=1S/C12H21N3O/c1-12(2,3)14-8-10(16)9-6-5-7-11(13-4)15-9/h5-7,10,14,16H,8H2,1-4H3,(H,13,15)/t10-/m0/s1. The van der Waals surface area contributed by atoms with Crippen LogP contribution in [0.2, 0.25) is 0 Å². The lowest BCUT2D eigenvalue weighted by atomic mass is 10.1. The molecule has 1 heterocycles. The van der Waals surface area contributed by atoms with Crippen molar-refractivity contribution in [3.05, 3.63) is 23.9 Å². The number of aromatic nitrogens is 1. The second kappa shape index (κ2) is 5.27. The Balaban J connectivity index is 2.62. The van der Waals surface area contributed by atoms with Crippen LogP contribution >= 0.6 is 0 Å². The topological polar surface area (TPSA) is 57.2 Å². The summed E-state index contributed by atoms with van der Waals surface area (Å²) >= 11 is 0. The molecular formula is C12H21N3O. The second-order valence-corrected chi connectivity index (χ2v) is 4.84. The van der Waals surface area contributed by atoms with Crippen molar-refractivity contribution in [1.29, 1.82) is 0 Å². The van der Waals surface area contributed by atoms with Gasteiger partial charge in [-0.25, -0.2) is 4.98 Å². The molecule has 0 aliphatic carbocycles. The van der Waals surface area contributed by atoms with E-state index in [1.165, 1.54) is 0 Å². The molecule has 0 aliphatic heterocycles. The van der Waals surface area contributed by atoms with Crippen LogP contribution in [0, 0.1) is 0 Å². The highest BCUT2D eigenvalue weighted by molar-refractivity contribution is 5.34. The predicted octanol–water partition coefficient (Wildman–Crippen LogP) is 1.54. The van der Waals surface area contributed by atoms with Crippen molar-refractivity contribution in [3.8, 4) is 0 Å². The minimum atomic E-state index is -0.576. The van der Waals surface area contributed by atoms with Crippen LogP contribution in [0.1, 0.15) is 32.6 Å². The third-order valence-electron chi connectivity index (χ3n) is 2.19. The van der Waals surface area contributed by atoms with Crippen LogP contribution < -0.4 is 10.6 Å². The van der Waals surface area contributed by atoms with Gasteiger partial charge in [0.2, 0.25) is 0 Å². The first kappa shape index (κ1) is 12.9. The van der Waals surface area contributed by atoms with E-state index in [0.717, 1.165) is 5.82 Å². The molecule has 4 nitrogen and oxygen atoms in total. The molecule has 1 atom stereocenters. The molecule has 1 rings (SSSR count). The Morgan fingerprint density at radius 3 is 2.62 bits per heavy atom. The van der Waals surface area contributed by atoms with E-state index in [9.17, 15) is 5.11 Å². The van der Waals surface area contributed by atoms with E-state index in [4.69, 9.17) is 0 Å². The lowest BCUT2D eigenvalue weighted by Gasteiger charge is -2.22. The number of β-amino-alcohol motifs (C(OH)–C–C–N with tert-alkyl or cyclic N) is 1. The molecule has 0 amide bonds. The molecule has 3 N–H and O–H groups in total. The van der Waals surface area contributed by atoms with E-state index in [-0.39, 0.29) is 5.54 Å². The molecule has 0 aromatic carbocycles. The van der Waals surface area contributed by atoms with Crippen molar-refractivity contribution >= 4 is 5.82 Å². The predicted molar refractivity (Wildman–Crippen MR) is 66.5 cm³/mol. The van der Waals surface area contributed by atoms with Gasteiger partial charge in [-0.15, -0.1) is 0 Å². The van der Waals surface area contributed by atoms with Gasteiger partial charge in [-0.05, 0) is 32.9 Å². The van der Waals surface area contributed by atoms with E-state index >= 15 is 0 Å². The summed E-state index contributed by atoms with van der Waals surface area (Å²) < 4.78 is 0. The Morgan fingerprint density at radius 1 is 1.38 bits per heavy atom. The second-order valence-electron chi connectivity index (χ2n) is 4.84. The molecule has 1 aromatic rings. The monoisotopic (exact) mass is 223 g/mol. The molecule has 0 aliphatic rings. The van der Waals surface area contributed by atoms with Crippen molar-refractivity contribution in [3.63, 3.8) is 0 Å². The molecule has 1 aromatic heterocycles. The van der Waals surface area contributed by atoms with E-state index in [0.29, 0.717) is 12.2 Å². The molecule has 90 valence electrons. The van der Waals surface area contributed by atoms with Crippen LogP contribution in [0.25, 0.3) is 0 Å². The van der Waals surface area contributed by atoms with Crippen LogP contribution in [0.3, 0.4) is 0 Å². The minimum absolute atomic E-state index is 0.00158. The number of hydrogen-bond acceptors (Lipinski definition) is 4. The average Bonchev–Trinajstić information content (AvgIpc) is 2.25. The highest BCUT2D eigenvalue weighted by atomic mass is 16.3. The SMILES string of the molecule is CNc1cccc([C@@H](O)CNC(C)(C)C)n1. The molecule has 0 bridgehead atoms. The van der Waals surface area contributed by atoms with Crippen LogP contribution in [0.4, 0.5) is 5.82 Å². The fourth-order valence-electron chi connectivity index (χ4n) is 1.28. The van der Waals surface area contributed by atoms with Crippen molar-refractivity contribution in [2.45, 2.75) is 32.4 Å². The van der Waals surface area contributed by atoms with Gasteiger partial charge < -0.3 is 15.7 Å². The maximum Gasteiger partial charge on any atom is 0.126 e. The van der Waals surface area contributed by atoms with Gasteiger partial charge in [0.1, 0.15) is 11.9 Å². The zero-order valence-corrected chi connectivity index (χ0v) is 10.4. The van der Waals surface area contributed by atoms with Gasteiger partial charge >= 0.3 is 0 Å². The molecule has 4 heteroatoms. The van der Waals surface area contributed by atoms with E-state index < -0.39 is 6.10 Å². The smallest absolute Gasteiger partial charge is 0.126 e. The van der Waals surface area contributed by atoms with Gasteiger partial charge in [-0.2, -0.15) is 0 Å². The lowest BCUT2D eigenvalue weighted by molar-refractivity contribution is 0.159. The zero-order valence-electron chi connectivity index (χ0n) is 10.4. The first-order chi connectivity index (χ1) is 7.42. The van der Waals surface area contributed by atoms with Crippen LogP contribution in [0.15, 0.2) is 18.2 Å². The fraction of sp³-hybridized carbons (Fsp3) is 0.583. The van der Waals surface area contributed by atoms with Crippen molar-refractivity contribution in [2.24, 2.45) is 0 Å². The number of nitrogens with one attached hydrogen (secondary N) is 2. The third-order valence-corrected chi connectivity index (χ3v) is 2.19. The van der Waals surface area contributed by atoms with Gasteiger partial charge in [-0.3, -0.25) is 0 Å². The summed E-state index contributed by atoms with van der Waals surface area (Å²) in [5.41, 5.74) is 0.685. The van der Waals surface area contributed by atoms with Crippen LogP contribution in [-0.4, -0.2) is 29.2 Å². The number of aliphatic hydroxyl groups excluding tert-OH is 1. The molecule has 0 saturated carbocycles. The summed E-state index contributed by atoms with van der Waals surface area (Å²) in [5.74, 6) is 0.771. The van der Waals surface area contributed by atoms with Crippen molar-refractivity contribution in [1.82, 2.24) is 10.3 Å². The number of hydrogen-bond donors (Lipinski definition) is 3. The first-order valence-electron chi connectivity index (χ1n) is 5.50. The maximum atomic E-state index is 9.95. The lowest BCUT2D eigenvalue weighted by Crippen LogP contribution is -2.38. The van der Waals surface area contributed by atoms with Gasteiger partial charge in [0.05, 0.1) is 5.69 Å². The Hall–Kier alpha value is -1.13. The largest absolute Gasteiger partial charge is 0.385 e. The number of aliphatic hydroxyl groups is 1. The van der Waals surface area contributed by atoms with Gasteiger partial charge in [0.15, 0.2) is 0 Å². The Labute approximate surface area is 97.1 Å². The number of anilines is 1. The summed E-state index contributed by atoms with van der Waals surface area (Å²) in [6, 6.07) is 5.58. The summed E-state index contributed by atoms with van der Waals surface area (Å²) in [6.45, 7) is 6.70. The average molecular weight is 223 g/mol. The van der Waals surface area contributed by atoms with Crippen molar-refractivity contribution in [2.75, 3.05) is 18.9 Å². The Morgan fingerprint density at radius 2 is 2.06 bits per heavy atom. The summed E-state index contributed by atoms with van der Waals surface area (Å²) in [7, 11) is 1.81. The van der Waals surface area contributed by atoms with Gasteiger partial charge in [-0.1, -0.05) is 6.07 Å². The highest BCUT2D eigenvalue weighted by Crippen LogP contribution is 2.13. The Bertz CT molecular complexity index is 333. The van der Waals surface area contributed by atoms with E-state index in [1.807, 2.05) is 25.2 Å². The van der Waals surface area contributed by atoms with E-state index in [1.54, 1.807) is 0 Å². The molecule has 0 spiro atoms. The number of nitrogens with zero attached hydrogens (tertiary/aromatic N) is 1. The number of rotatable bonds is 4. The van der Waals surface area contributed by atoms with Crippen molar-refractivity contribution < 1.29 is 5.11 Å². The third kappa shape index (κ3) is 4.16. The Kier molecular flexibility index (Phi) is 4.26. The molecule has 16 heavy (non-hydrogen) atoms. The molecule has 0 unspecified atom stereocenters. The summed E-state index contributed by atoms with van der Waals surface area (Å²) in [4.78, 5) is 4.29. The molecule has 0 radical (unpaired) electrons. The fourth-order valence-corrected chi connectivity index (χ4v) is 1.28. The quantitative estimate of drug-likeness (QED) is 0.725. The zero-order chi connectivity index (χ0) is 12.2. The van der Waals surface area contributed by atoms with Crippen LogP contribution in [-0.2, 0) is 0 Å². The highest BCUT2D eigenvalue weighted by Gasteiger charge is 2.14. The van der Waals surface area contributed by atoms with Gasteiger partial charge in [0.25, 0.3) is 0 Å². The minimum Gasteiger partial charge on any atom is -0.385 e. The number of pyridine rings is 1. The first-order valence-corrected chi connectivity index (χ1v) is 5.50. The van der Waals surface area contributed by atoms with Crippen LogP contribution in [0.5, 0.6) is 0 Å². The summed E-state index contributed by atoms with van der Waals surface area (Å²) in [5, 5.41) is 16.2. The normalized spacial score (nSPS) is 13.6. The molecular weight excluding hydrogens is 202 g/mol.